The Balaban J connectivity index is 1.34. The maximum absolute atomic E-state index is 12.8. The fourth-order valence-electron chi connectivity index (χ4n) is 4.64. The van der Waals surface area contributed by atoms with E-state index in [2.05, 4.69) is 4.90 Å². The number of ether oxygens (including phenoxy) is 2. The molecule has 4 rings (SSSR count). The predicted octanol–water partition coefficient (Wildman–Crippen LogP) is 5.04. The predicted molar refractivity (Wildman–Crippen MR) is 118 cm³/mol. The third kappa shape index (κ3) is 5.04. The van der Waals surface area contributed by atoms with E-state index >= 15 is 0 Å². The highest BCUT2D eigenvalue weighted by atomic mass is 19.4. The third-order valence-corrected chi connectivity index (χ3v) is 6.77. The number of likely N-dealkylation sites (tertiary alicyclic amines) is 1. The fraction of sp³-hybridized carbons (Fsp3) is 0.440. The fourth-order valence-corrected chi connectivity index (χ4v) is 4.64. The molecule has 2 aliphatic heterocycles. The van der Waals surface area contributed by atoms with Crippen molar-refractivity contribution in [3.8, 4) is 0 Å². The molecule has 0 radical (unpaired) electrons. The molecule has 2 aromatic carbocycles. The van der Waals surface area contributed by atoms with Crippen molar-refractivity contribution < 1.29 is 32.2 Å². The second kappa shape index (κ2) is 9.29. The number of hydrogen-bond donors (Lipinski definition) is 0. The molecule has 2 saturated heterocycles. The number of halogens is 3. The number of hydrogen-bond acceptors (Lipinski definition) is 5. The number of rotatable bonds is 5. The monoisotopic (exact) mass is 476 g/mol. The number of methoxy groups -OCH3 is 1. The van der Waals surface area contributed by atoms with Gasteiger partial charge in [0.1, 0.15) is 5.60 Å². The second-order valence-electron chi connectivity index (χ2n) is 8.93. The van der Waals surface area contributed by atoms with Gasteiger partial charge in [-0.1, -0.05) is 24.3 Å². The van der Waals surface area contributed by atoms with Gasteiger partial charge >= 0.3 is 18.2 Å². The second-order valence-corrected chi connectivity index (χ2v) is 8.93. The SMILES string of the molecule is COC(=O)c1ccc(CN2CC3(CCN(C(C)c4ccc(C(F)(F)F)cc4)CC3)OC2=O)cc1. The van der Waals surface area contributed by atoms with Gasteiger partial charge in [-0.2, -0.15) is 13.2 Å². The Kier molecular flexibility index (Phi) is 6.58. The molecule has 0 aromatic heterocycles. The number of alkyl halides is 3. The van der Waals surface area contributed by atoms with E-state index < -0.39 is 23.3 Å². The molecule has 2 aromatic rings. The molecule has 2 heterocycles. The minimum Gasteiger partial charge on any atom is -0.465 e. The molecule has 34 heavy (non-hydrogen) atoms. The maximum Gasteiger partial charge on any atom is 0.416 e. The molecule has 2 fully saturated rings. The van der Waals surface area contributed by atoms with Crippen LogP contribution in [-0.2, 0) is 22.2 Å². The number of carbonyl (C=O) groups is 2. The largest absolute Gasteiger partial charge is 0.465 e. The number of piperidine rings is 1. The lowest BCUT2D eigenvalue weighted by Crippen LogP contribution is -2.47. The quantitative estimate of drug-likeness (QED) is 0.566. The first-order chi connectivity index (χ1) is 16.1. The molecule has 0 saturated carbocycles. The Morgan fingerprint density at radius 2 is 1.71 bits per heavy atom. The number of nitrogens with zero attached hydrogens (tertiary/aromatic N) is 2. The number of amides is 1. The van der Waals surface area contributed by atoms with Crippen LogP contribution in [0.2, 0.25) is 0 Å². The molecular formula is C25H27F3N2O4. The molecule has 1 unspecified atom stereocenters. The summed E-state index contributed by atoms with van der Waals surface area (Å²) < 4.78 is 49.0. The van der Waals surface area contributed by atoms with E-state index in [1.807, 2.05) is 6.92 Å². The Hall–Kier alpha value is -3.07. The first-order valence-electron chi connectivity index (χ1n) is 11.2. The molecular weight excluding hydrogens is 449 g/mol. The molecule has 2 aliphatic rings. The van der Waals surface area contributed by atoms with Gasteiger partial charge in [0.05, 0.1) is 24.8 Å². The Bertz CT molecular complexity index is 1030. The maximum atomic E-state index is 12.8. The molecule has 0 N–H and O–H groups in total. The van der Waals surface area contributed by atoms with Crippen LogP contribution in [0.15, 0.2) is 48.5 Å². The van der Waals surface area contributed by atoms with E-state index in [4.69, 9.17) is 9.47 Å². The van der Waals surface area contributed by atoms with E-state index in [0.29, 0.717) is 44.6 Å². The average Bonchev–Trinajstić information content (AvgIpc) is 3.12. The van der Waals surface area contributed by atoms with Crippen LogP contribution >= 0.6 is 0 Å². The lowest BCUT2D eigenvalue weighted by molar-refractivity contribution is -0.137. The van der Waals surface area contributed by atoms with Crippen LogP contribution < -0.4 is 0 Å². The van der Waals surface area contributed by atoms with Gasteiger partial charge in [0.2, 0.25) is 0 Å². The number of esters is 1. The van der Waals surface area contributed by atoms with Crippen LogP contribution in [0.4, 0.5) is 18.0 Å². The van der Waals surface area contributed by atoms with Crippen LogP contribution in [0.5, 0.6) is 0 Å². The highest BCUT2D eigenvalue weighted by molar-refractivity contribution is 5.89. The van der Waals surface area contributed by atoms with Crippen molar-refractivity contribution in [2.24, 2.45) is 0 Å². The van der Waals surface area contributed by atoms with Crippen LogP contribution in [0.1, 0.15) is 52.9 Å². The molecule has 1 atom stereocenters. The van der Waals surface area contributed by atoms with E-state index in [1.54, 1.807) is 29.2 Å². The highest BCUT2D eigenvalue weighted by Crippen LogP contribution is 2.37. The summed E-state index contributed by atoms with van der Waals surface area (Å²) in [6.07, 6.45) is -3.40. The van der Waals surface area contributed by atoms with Crippen molar-refractivity contribution in [1.82, 2.24) is 9.80 Å². The number of carbonyl (C=O) groups excluding carboxylic acids is 2. The molecule has 182 valence electrons. The van der Waals surface area contributed by atoms with Crippen LogP contribution in [0.25, 0.3) is 0 Å². The van der Waals surface area contributed by atoms with Crippen LogP contribution in [-0.4, -0.2) is 54.2 Å². The molecule has 1 spiro atoms. The summed E-state index contributed by atoms with van der Waals surface area (Å²) in [4.78, 5) is 28.0. The van der Waals surface area contributed by atoms with E-state index in [1.165, 1.54) is 19.2 Å². The molecule has 0 bridgehead atoms. The Morgan fingerprint density at radius 1 is 1.09 bits per heavy atom. The first kappa shape index (κ1) is 24.1. The summed E-state index contributed by atoms with van der Waals surface area (Å²) in [6, 6.07) is 12.2. The van der Waals surface area contributed by atoms with Crippen molar-refractivity contribution >= 4 is 12.1 Å². The summed E-state index contributed by atoms with van der Waals surface area (Å²) in [5.41, 5.74) is 0.943. The van der Waals surface area contributed by atoms with Gasteiger partial charge in [0.25, 0.3) is 0 Å². The van der Waals surface area contributed by atoms with Crippen molar-refractivity contribution in [2.75, 3.05) is 26.7 Å². The van der Waals surface area contributed by atoms with Gasteiger partial charge in [0, 0.05) is 38.5 Å². The van der Waals surface area contributed by atoms with Gasteiger partial charge in [-0.15, -0.1) is 0 Å². The van der Waals surface area contributed by atoms with Crippen molar-refractivity contribution in [2.45, 2.75) is 44.1 Å². The summed E-state index contributed by atoms with van der Waals surface area (Å²) >= 11 is 0. The minimum atomic E-state index is -4.35. The van der Waals surface area contributed by atoms with Crippen molar-refractivity contribution in [3.05, 3.63) is 70.8 Å². The van der Waals surface area contributed by atoms with Gasteiger partial charge < -0.3 is 9.47 Å². The Labute approximate surface area is 196 Å². The van der Waals surface area contributed by atoms with Gasteiger partial charge in [-0.25, -0.2) is 9.59 Å². The van der Waals surface area contributed by atoms with Gasteiger partial charge in [0.15, 0.2) is 0 Å². The summed E-state index contributed by atoms with van der Waals surface area (Å²) in [7, 11) is 1.32. The van der Waals surface area contributed by atoms with E-state index in [0.717, 1.165) is 23.3 Å². The standard InChI is InChI=1S/C25H27F3N2O4/c1-17(19-7-9-21(10-8-19)25(26,27)28)29-13-11-24(12-14-29)16-30(23(32)34-24)15-18-3-5-20(6-4-18)22(31)33-2/h3-10,17H,11-16H2,1-2H3. The van der Waals surface area contributed by atoms with Gasteiger partial charge in [-0.05, 0) is 42.3 Å². The zero-order valence-corrected chi connectivity index (χ0v) is 19.1. The van der Waals surface area contributed by atoms with E-state index in [-0.39, 0.29) is 12.1 Å². The normalized spacial score (nSPS) is 19.2. The number of benzene rings is 2. The summed E-state index contributed by atoms with van der Waals surface area (Å²) in [5.74, 6) is -0.414. The zero-order chi connectivity index (χ0) is 24.5. The van der Waals surface area contributed by atoms with Gasteiger partial charge in [-0.3, -0.25) is 9.80 Å². The zero-order valence-electron chi connectivity index (χ0n) is 19.1. The lowest BCUT2D eigenvalue weighted by atomic mass is 9.89. The van der Waals surface area contributed by atoms with E-state index in [9.17, 15) is 22.8 Å². The Morgan fingerprint density at radius 3 is 2.26 bits per heavy atom. The van der Waals surface area contributed by atoms with Crippen molar-refractivity contribution in [3.63, 3.8) is 0 Å². The minimum absolute atomic E-state index is 0.0406. The topological polar surface area (TPSA) is 59.1 Å². The average molecular weight is 476 g/mol. The summed E-state index contributed by atoms with van der Waals surface area (Å²) in [5, 5.41) is 0. The van der Waals surface area contributed by atoms with Crippen molar-refractivity contribution in [1.29, 1.82) is 0 Å². The lowest BCUT2D eigenvalue weighted by Gasteiger charge is -2.40. The summed E-state index contributed by atoms with van der Waals surface area (Å²) in [6.45, 7) is 4.20. The van der Waals surface area contributed by atoms with Crippen LogP contribution in [0.3, 0.4) is 0 Å². The third-order valence-electron chi connectivity index (χ3n) is 6.77. The highest BCUT2D eigenvalue weighted by Gasteiger charge is 2.47. The molecule has 0 aliphatic carbocycles. The smallest absolute Gasteiger partial charge is 0.416 e. The first-order valence-corrected chi connectivity index (χ1v) is 11.2. The molecule has 6 nitrogen and oxygen atoms in total. The molecule has 9 heteroatoms. The van der Waals surface area contributed by atoms with Crippen LogP contribution in [0, 0.1) is 0 Å². The molecule has 1 amide bonds.